The summed E-state index contributed by atoms with van der Waals surface area (Å²) in [6.45, 7) is 5.96. The molecule has 0 aliphatic heterocycles. The molecule has 2 heterocycles. The van der Waals surface area contributed by atoms with Gasteiger partial charge < -0.3 is 9.11 Å². The molecule has 19 heteroatoms. The fraction of sp³-hybridized carbons (Fsp3) is 0.583. The molecule has 2 atom stereocenters. The Kier molecular flexibility index (Phi) is 16.3. The van der Waals surface area contributed by atoms with E-state index >= 15 is 0 Å². The number of halogens is 6. The monoisotopic (exact) mass is 706 g/mol. The smallest absolute Gasteiger partial charge is 0.741 e. The Hall–Kier alpha value is -1.86. The van der Waals surface area contributed by atoms with Crippen LogP contribution in [0.3, 0.4) is 0 Å². The van der Waals surface area contributed by atoms with E-state index in [-0.39, 0.29) is 17.1 Å². The van der Waals surface area contributed by atoms with Gasteiger partial charge in [0.1, 0.15) is 0 Å². The van der Waals surface area contributed by atoms with Gasteiger partial charge in [-0.2, -0.15) is 26.3 Å². The standard InChI is InChI=1S/C22H32N4.2CHF3O3S.Fe/c1-17-9-7-11-19(23-17)15-25(3)21-13-5-6-14-22(21)26(4)16-20-12-8-10-18(2)24-20;2*2-1(3,4)8(5,6)7;/h7-12,21-22H,5-6,13-16H2,1-4H3;2*(H,5,6,7);/q;;;+2/p-2/t21-,22-;;;/m0.../s1. The molecule has 246 valence electrons. The number of alkyl halides is 6. The average Bonchev–Trinajstić information content (AvgIpc) is 2.82. The minimum Gasteiger partial charge on any atom is -0.741 e. The van der Waals surface area contributed by atoms with Crippen LogP contribution in [0.25, 0.3) is 0 Å². The molecule has 43 heavy (non-hydrogen) atoms. The molecule has 0 aromatic carbocycles. The van der Waals surface area contributed by atoms with Crippen LogP contribution in [0.4, 0.5) is 26.3 Å². The fourth-order valence-corrected chi connectivity index (χ4v) is 4.24. The minimum absolute atomic E-state index is 0. The van der Waals surface area contributed by atoms with E-state index in [1.807, 2.05) is 0 Å². The summed E-state index contributed by atoms with van der Waals surface area (Å²) in [5.41, 5.74) is -6.77. The van der Waals surface area contributed by atoms with Crippen molar-refractivity contribution in [3.63, 3.8) is 0 Å². The van der Waals surface area contributed by atoms with Gasteiger partial charge in [0.2, 0.25) is 0 Å². The molecule has 0 bridgehead atoms. The van der Waals surface area contributed by atoms with Crippen LogP contribution in [0.15, 0.2) is 36.4 Å². The van der Waals surface area contributed by atoms with Crippen LogP contribution in [-0.4, -0.2) is 82.9 Å². The van der Waals surface area contributed by atoms with Gasteiger partial charge in [0.05, 0.1) is 11.4 Å². The van der Waals surface area contributed by atoms with Crippen LogP contribution in [0, 0.1) is 13.8 Å². The van der Waals surface area contributed by atoms with Crippen molar-refractivity contribution in [1.82, 2.24) is 19.8 Å². The molecule has 0 saturated heterocycles. The third kappa shape index (κ3) is 14.6. The van der Waals surface area contributed by atoms with E-state index in [4.69, 9.17) is 35.9 Å². The summed E-state index contributed by atoms with van der Waals surface area (Å²) in [6.07, 6.45) is 5.17. The van der Waals surface area contributed by atoms with E-state index in [1.165, 1.54) is 37.1 Å². The quantitative estimate of drug-likeness (QED) is 0.187. The molecule has 0 N–H and O–H groups in total. The first kappa shape index (κ1) is 41.1. The Morgan fingerprint density at radius 2 is 1.00 bits per heavy atom. The Bertz CT molecular complexity index is 1260. The van der Waals surface area contributed by atoms with Gasteiger partial charge >= 0.3 is 28.1 Å². The maximum absolute atomic E-state index is 10.7. The van der Waals surface area contributed by atoms with E-state index in [0.717, 1.165) is 24.5 Å². The first-order chi connectivity index (χ1) is 19.0. The molecule has 2 aromatic rings. The largest absolute Gasteiger partial charge is 2.00 e. The number of aromatic nitrogens is 2. The van der Waals surface area contributed by atoms with Crippen LogP contribution >= 0.6 is 0 Å². The zero-order valence-electron chi connectivity index (χ0n) is 23.5. The van der Waals surface area contributed by atoms with Gasteiger partial charge in [-0.1, -0.05) is 25.0 Å². The number of aryl methyl sites for hydroxylation is 2. The maximum atomic E-state index is 10.7. The summed E-state index contributed by atoms with van der Waals surface area (Å²) in [7, 11) is -7.67. The summed E-state index contributed by atoms with van der Waals surface area (Å²) < 4.78 is 118. The van der Waals surface area contributed by atoms with Gasteiger partial charge in [-0.25, -0.2) is 16.8 Å². The molecule has 1 fully saturated rings. The summed E-state index contributed by atoms with van der Waals surface area (Å²) >= 11 is 0. The molecule has 0 radical (unpaired) electrons. The molecule has 3 rings (SSSR count). The zero-order chi connectivity index (χ0) is 32.5. The van der Waals surface area contributed by atoms with Gasteiger partial charge in [-0.15, -0.1) is 0 Å². The van der Waals surface area contributed by atoms with Crippen LogP contribution in [0.1, 0.15) is 48.5 Å². The number of likely N-dealkylation sites (N-methyl/N-ethyl adjacent to an activating group) is 2. The van der Waals surface area contributed by atoms with Crippen LogP contribution < -0.4 is 0 Å². The molecular weight excluding hydrogens is 674 g/mol. The Balaban J connectivity index is 0.000000860. The van der Waals surface area contributed by atoms with Gasteiger partial charge in [-0.05, 0) is 65.0 Å². The van der Waals surface area contributed by atoms with Crippen molar-refractivity contribution in [2.24, 2.45) is 0 Å². The second kappa shape index (κ2) is 17.0. The zero-order valence-corrected chi connectivity index (χ0v) is 26.3. The molecule has 2 aromatic heterocycles. The maximum Gasteiger partial charge on any atom is 2.00 e. The Morgan fingerprint density at radius 3 is 1.23 bits per heavy atom. The molecule has 1 saturated carbocycles. The number of pyridine rings is 2. The van der Waals surface area contributed by atoms with Crippen LogP contribution in [0.2, 0.25) is 0 Å². The van der Waals surface area contributed by atoms with Gasteiger partial charge in [0, 0.05) is 36.6 Å². The van der Waals surface area contributed by atoms with Crippen molar-refractivity contribution in [2.45, 2.75) is 75.7 Å². The van der Waals surface area contributed by atoms with Crippen molar-refractivity contribution in [1.29, 1.82) is 0 Å². The molecule has 1 aliphatic rings. The van der Waals surface area contributed by atoms with E-state index in [1.54, 1.807) is 0 Å². The van der Waals surface area contributed by atoms with Crippen molar-refractivity contribution in [3.05, 3.63) is 59.2 Å². The van der Waals surface area contributed by atoms with Crippen molar-refractivity contribution in [2.75, 3.05) is 14.1 Å². The van der Waals surface area contributed by atoms with E-state index in [9.17, 15) is 26.3 Å². The third-order valence-electron chi connectivity index (χ3n) is 6.11. The molecule has 0 amide bonds. The predicted octanol–water partition coefficient (Wildman–Crippen LogP) is 4.07. The third-order valence-corrected chi connectivity index (χ3v) is 7.24. The summed E-state index contributed by atoms with van der Waals surface area (Å²) in [6, 6.07) is 13.8. The number of hydrogen-bond donors (Lipinski definition) is 0. The van der Waals surface area contributed by atoms with Crippen LogP contribution in [-0.2, 0) is 50.4 Å². The van der Waals surface area contributed by atoms with Gasteiger partial charge in [0.15, 0.2) is 20.2 Å². The Morgan fingerprint density at radius 1 is 0.721 bits per heavy atom. The molecule has 0 spiro atoms. The second-order valence-corrected chi connectivity index (χ2v) is 12.3. The minimum atomic E-state index is -6.09. The normalized spacial score (nSPS) is 17.7. The van der Waals surface area contributed by atoms with Crippen molar-refractivity contribution in [3.8, 4) is 0 Å². The van der Waals surface area contributed by atoms with Crippen molar-refractivity contribution < 1.29 is 69.4 Å². The molecule has 10 nitrogen and oxygen atoms in total. The van der Waals surface area contributed by atoms with E-state index in [2.05, 4.69) is 74.1 Å². The second-order valence-electron chi connectivity index (χ2n) is 9.59. The molecule has 0 unspecified atom stereocenters. The van der Waals surface area contributed by atoms with Gasteiger partial charge in [0.25, 0.3) is 0 Å². The average molecular weight is 707 g/mol. The Labute approximate surface area is 257 Å². The SMILES string of the molecule is Cc1cccc(CN(C)[C@H]2CCCC[C@@H]2N(C)Cc2cccc(C)n2)n1.O=S(=O)([O-])C(F)(F)F.O=S(=O)([O-])C(F)(F)F.[Fe+2]. The molecule has 1 aliphatic carbocycles. The molecular formula is C24H32F6FeN4O6S2. The summed E-state index contributed by atoms with van der Waals surface area (Å²) in [5.74, 6) is 0. The number of nitrogens with zero attached hydrogens (tertiary/aromatic N) is 4. The number of rotatable bonds is 6. The van der Waals surface area contributed by atoms with Crippen LogP contribution in [0.5, 0.6) is 0 Å². The van der Waals surface area contributed by atoms with E-state index in [0.29, 0.717) is 12.1 Å². The van der Waals surface area contributed by atoms with E-state index < -0.39 is 31.3 Å². The first-order valence-corrected chi connectivity index (χ1v) is 15.1. The first-order valence-electron chi connectivity index (χ1n) is 12.3. The summed E-state index contributed by atoms with van der Waals surface area (Å²) in [5, 5.41) is 0. The predicted molar refractivity (Wildman–Crippen MR) is 138 cm³/mol. The van der Waals surface area contributed by atoms with Crippen molar-refractivity contribution >= 4 is 20.2 Å². The topological polar surface area (TPSA) is 147 Å². The fourth-order valence-electron chi connectivity index (χ4n) is 4.24. The number of hydrogen-bond acceptors (Lipinski definition) is 10. The summed E-state index contributed by atoms with van der Waals surface area (Å²) in [4.78, 5) is 14.4. The van der Waals surface area contributed by atoms with Gasteiger partial charge in [-0.3, -0.25) is 19.8 Å².